The molecule has 0 fully saturated rings. The SMILES string of the molecule is Cc1nc(CNCCNC(=O)N(C)C)oc1C. The Balaban J connectivity index is 2.14. The lowest BCUT2D eigenvalue weighted by atomic mass is 10.4. The highest BCUT2D eigenvalue weighted by Gasteiger charge is 2.04. The molecule has 1 heterocycles. The third-order valence-electron chi connectivity index (χ3n) is 2.33. The highest BCUT2D eigenvalue weighted by molar-refractivity contribution is 5.73. The molecule has 0 radical (unpaired) electrons. The molecule has 0 saturated carbocycles. The summed E-state index contributed by atoms with van der Waals surface area (Å²) in [6.07, 6.45) is 0. The van der Waals surface area contributed by atoms with E-state index in [4.69, 9.17) is 4.42 Å². The van der Waals surface area contributed by atoms with E-state index < -0.39 is 0 Å². The van der Waals surface area contributed by atoms with E-state index in [2.05, 4.69) is 15.6 Å². The number of carbonyl (C=O) groups is 1. The molecule has 17 heavy (non-hydrogen) atoms. The van der Waals surface area contributed by atoms with Crippen LogP contribution in [-0.2, 0) is 6.54 Å². The molecule has 1 aromatic heterocycles. The Morgan fingerprint density at radius 2 is 2.06 bits per heavy atom. The van der Waals surface area contributed by atoms with Crippen LogP contribution >= 0.6 is 0 Å². The topological polar surface area (TPSA) is 70.4 Å². The lowest BCUT2D eigenvalue weighted by molar-refractivity contribution is 0.217. The van der Waals surface area contributed by atoms with Crippen molar-refractivity contribution in [2.45, 2.75) is 20.4 Å². The average Bonchev–Trinajstić information content (AvgIpc) is 2.57. The molecule has 0 bridgehead atoms. The van der Waals surface area contributed by atoms with Gasteiger partial charge in [-0.2, -0.15) is 0 Å². The summed E-state index contributed by atoms with van der Waals surface area (Å²) in [5.74, 6) is 1.53. The third-order valence-corrected chi connectivity index (χ3v) is 2.33. The van der Waals surface area contributed by atoms with Crippen LogP contribution in [0.15, 0.2) is 4.42 Å². The molecule has 0 aliphatic heterocycles. The standard InChI is InChI=1S/C11H20N4O2/c1-8-9(2)17-10(14-8)7-12-5-6-13-11(16)15(3)4/h12H,5-7H2,1-4H3,(H,13,16). The van der Waals surface area contributed by atoms with E-state index in [-0.39, 0.29) is 6.03 Å². The number of nitrogens with zero attached hydrogens (tertiary/aromatic N) is 2. The Kier molecular flexibility index (Phi) is 4.96. The lowest BCUT2D eigenvalue weighted by Gasteiger charge is -2.11. The summed E-state index contributed by atoms with van der Waals surface area (Å²) in [5, 5.41) is 5.91. The van der Waals surface area contributed by atoms with Gasteiger partial charge in [-0.05, 0) is 13.8 Å². The molecule has 0 unspecified atom stereocenters. The van der Waals surface area contributed by atoms with Crippen molar-refractivity contribution in [3.63, 3.8) is 0 Å². The zero-order valence-electron chi connectivity index (χ0n) is 10.8. The highest BCUT2D eigenvalue weighted by atomic mass is 16.4. The van der Waals surface area contributed by atoms with Gasteiger partial charge in [-0.25, -0.2) is 9.78 Å². The van der Waals surface area contributed by atoms with Crippen LogP contribution in [0.3, 0.4) is 0 Å². The molecule has 96 valence electrons. The van der Waals surface area contributed by atoms with E-state index in [1.165, 1.54) is 4.90 Å². The van der Waals surface area contributed by atoms with Gasteiger partial charge in [-0.3, -0.25) is 0 Å². The highest BCUT2D eigenvalue weighted by Crippen LogP contribution is 2.07. The van der Waals surface area contributed by atoms with Gasteiger partial charge in [-0.1, -0.05) is 0 Å². The molecule has 2 N–H and O–H groups in total. The van der Waals surface area contributed by atoms with Crippen LogP contribution in [0.2, 0.25) is 0 Å². The van der Waals surface area contributed by atoms with Gasteiger partial charge < -0.3 is 20.0 Å². The molecule has 0 saturated heterocycles. The molecule has 0 aliphatic carbocycles. The minimum atomic E-state index is -0.0883. The minimum Gasteiger partial charge on any atom is -0.444 e. The second kappa shape index (κ2) is 6.24. The second-order valence-electron chi connectivity index (χ2n) is 4.05. The van der Waals surface area contributed by atoms with Crippen molar-refractivity contribution in [3.8, 4) is 0 Å². The van der Waals surface area contributed by atoms with Gasteiger partial charge in [0.2, 0.25) is 5.89 Å². The van der Waals surface area contributed by atoms with Crippen molar-refractivity contribution in [1.29, 1.82) is 0 Å². The van der Waals surface area contributed by atoms with Crippen LogP contribution in [0, 0.1) is 13.8 Å². The molecule has 1 rings (SSSR count). The zero-order valence-corrected chi connectivity index (χ0v) is 10.8. The quantitative estimate of drug-likeness (QED) is 0.741. The summed E-state index contributed by atoms with van der Waals surface area (Å²) >= 11 is 0. The summed E-state index contributed by atoms with van der Waals surface area (Å²) in [6, 6.07) is -0.0883. The minimum absolute atomic E-state index is 0.0883. The van der Waals surface area contributed by atoms with E-state index in [1.807, 2.05) is 13.8 Å². The van der Waals surface area contributed by atoms with Crippen LogP contribution in [0.5, 0.6) is 0 Å². The van der Waals surface area contributed by atoms with Crippen LogP contribution in [0.25, 0.3) is 0 Å². The summed E-state index contributed by atoms with van der Waals surface area (Å²) in [6.45, 7) is 5.64. The first-order chi connectivity index (χ1) is 8.00. The molecule has 6 heteroatoms. The Labute approximate surface area is 101 Å². The smallest absolute Gasteiger partial charge is 0.316 e. The maximum atomic E-state index is 11.2. The first-order valence-corrected chi connectivity index (χ1v) is 5.59. The van der Waals surface area contributed by atoms with Gasteiger partial charge in [0.25, 0.3) is 0 Å². The molecule has 6 nitrogen and oxygen atoms in total. The van der Waals surface area contributed by atoms with Crippen LogP contribution in [-0.4, -0.2) is 43.1 Å². The molecular weight excluding hydrogens is 220 g/mol. The van der Waals surface area contributed by atoms with Crippen LogP contribution < -0.4 is 10.6 Å². The summed E-state index contributed by atoms with van der Waals surface area (Å²) in [5.41, 5.74) is 0.919. The molecule has 2 amide bonds. The van der Waals surface area contributed by atoms with Crippen molar-refractivity contribution in [2.24, 2.45) is 0 Å². The molecule has 1 aromatic rings. The number of oxazole rings is 1. The van der Waals surface area contributed by atoms with Crippen molar-refractivity contribution < 1.29 is 9.21 Å². The fourth-order valence-electron chi connectivity index (χ4n) is 1.23. The van der Waals surface area contributed by atoms with Crippen molar-refractivity contribution in [1.82, 2.24) is 20.5 Å². The van der Waals surface area contributed by atoms with Gasteiger partial charge >= 0.3 is 6.03 Å². The first-order valence-electron chi connectivity index (χ1n) is 5.59. The van der Waals surface area contributed by atoms with Gasteiger partial charge in [0, 0.05) is 27.2 Å². The fourth-order valence-corrected chi connectivity index (χ4v) is 1.23. The van der Waals surface area contributed by atoms with E-state index in [9.17, 15) is 4.79 Å². The predicted octanol–water partition coefficient (Wildman–Crippen LogP) is 0.652. The van der Waals surface area contributed by atoms with E-state index >= 15 is 0 Å². The first kappa shape index (κ1) is 13.5. The molecular formula is C11H20N4O2. The van der Waals surface area contributed by atoms with Crippen molar-refractivity contribution >= 4 is 6.03 Å². The van der Waals surface area contributed by atoms with Gasteiger partial charge in [-0.15, -0.1) is 0 Å². The Morgan fingerprint density at radius 1 is 1.35 bits per heavy atom. The van der Waals surface area contributed by atoms with Gasteiger partial charge in [0.05, 0.1) is 12.2 Å². The van der Waals surface area contributed by atoms with Crippen molar-refractivity contribution in [3.05, 3.63) is 17.3 Å². The van der Waals surface area contributed by atoms with Crippen molar-refractivity contribution in [2.75, 3.05) is 27.2 Å². The average molecular weight is 240 g/mol. The number of aryl methyl sites for hydroxylation is 2. The monoisotopic (exact) mass is 240 g/mol. The fraction of sp³-hybridized carbons (Fsp3) is 0.636. The number of urea groups is 1. The second-order valence-corrected chi connectivity index (χ2v) is 4.05. The van der Waals surface area contributed by atoms with Crippen LogP contribution in [0.4, 0.5) is 4.79 Å². The number of carbonyl (C=O) groups excluding carboxylic acids is 1. The van der Waals surface area contributed by atoms with E-state index in [0.717, 1.165) is 11.5 Å². The number of hydrogen-bond acceptors (Lipinski definition) is 4. The third kappa shape index (κ3) is 4.44. The largest absolute Gasteiger partial charge is 0.444 e. The molecule has 0 aliphatic rings. The Morgan fingerprint density at radius 3 is 2.59 bits per heavy atom. The van der Waals surface area contributed by atoms with E-state index in [1.54, 1.807) is 14.1 Å². The zero-order chi connectivity index (χ0) is 12.8. The normalized spacial score (nSPS) is 10.4. The maximum Gasteiger partial charge on any atom is 0.316 e. The van der Waals surface area contributed by atoms with Gasteiger partial charge in [0.15, 0.2) is 0 Å². The lowest BCUT2D eigenvalue weighted by Crippen LogP contribution is -2.38. The molecule has 0 spiro atoms. The number of rotatable bonds is 5. The number of nitrogens with one attached hydrogen (secondary N) is 2. The number of amides is 2. The summed E-state index contributed by atoms with van der Waals surface area (Å²) < 4.78 is 5.41. The number of aromatic nitrogens is 1. The number of hydrogen-bond donors (Lipinski definition) is 2. The molecule has 0 atom stereocenters. The Hall–Kier alpha value is -1.56. The van der Waals surface area contributed by atoms with Crippen LogP contribution in [0.1, 0.15) is 17.3 Å². The Bertz CT molecular complexity index is 354. The maximum absolute atomic E-state index is 11.2. The van der Waals surface area contributed by atoms with E-state index in [0.29, 0.717) is 25.5 Å². The summed E-state index contributed by atoms with van der Waals surface area (Å²) in [4.78, 5) is 16.9. The summed E-state index contributed by atoms with van der Waals surface area (Å²) in [7, 11) is 3.42. The molecule has 0 aromatic carbocycles. The predicted molar refractivity (Wildman–Crippen MR) is 64.8 cm³/mol. The van der Waals surface area contributed by atoms with Gasteiger partial charge in [0.1, 0.15) is 5.76 Å².